The van der Waals surface area contributed by atoms with E-state index in [0.717, 1.165) is 38.5 Å². The van der Waals surface area contributed by atoms with Gasteiger partial charge in [0, 0.05) is 18.3 Å². The van der Waals surface area contributed by atoms with E-state index >= 15 is 0 Å². The summed E-state index contributed by atoms with van der Waals surface area (Å²) < 4.78 is 0. The van der Waals surface area contributed by atoms with Crippen LogP contribution in [0.5, 0.6) is 0 Å². The monoisotopic (exact) mass is 355 g/mol. The first-order valence-electron chi connectivity index (χ1n) is 10.3. The average Bonchev–Trinajstić information content (AvgIpc) is 3.16. The Hall–Kier alpha value is -1.45. The fraction of sp³-hybridized carbons (Fsp3) is 0.609. The van der Waals surface area contributed by atoms with Crippen molar-refractivity contribution >= 4 is 0 Å². The van der Waals surface area contributed by atoms with Crippen molar-refractivity contribution < 1.29 is 10.2 Å². The number of rotatable bonds is 9. The number of fused-ring (bicyclic) bond motifs is 1. The highest BCUT2D eigenvalue weighted by atomic mass is 16.3. The molecular weight excluding hydrogens is 322 g/mol. The van der Waals surface area contributed by atoms with Crippen molar-refractivity contribution in [2.45, 2.75) is 70.5 Å². The van der Waals surface area contributed by atoms with Gasteiger partial charge in [-0.15, -0.1) is 0 Å². The zero-order valence-electron chi connectivity index (χ0n) is 15.9. The van der Waals surface area contributed by atoms with Crippen LogP contribution in [0.4, 0.5) is 0 Å². The number of hydrogen-bond acceptors (Lipinski definition) is 3. The molecule has 0 radical (unpaired) electrons. The molecule has 26 heavy (non-hydrogen) atoms. The number of aromatic nitrogens is 1. The fourth-order valence-corrected chi connectivity index (χ4v) is 4.60. The zero-order chi connectivity index (χ0) is 18.4. The van der Waals surface area contributed by atoms with Gasteiger partial charge in [0.25, 0.3) is 0 Å². The van der Waals surface area contributed by atoms with Crippen LogP contribution in [0, 0.1) is 17.8 Å². The molecule has 3 rings (SSSR count). The zero-order valence-corrected chi connectivity index (χ0v) is 15.9. The molecule has 1 aromatic heterocycles. The topological polar surface area (TPSA) is 53.4 Å². The van der Waals surface area contributed by atoms with Gasteiger partial charge < -0.3 is 10.2 Å². The van der Waals surface area contributed by atoms with E-state index in [4.69, 9.17) is 0 Å². The summed E-state index contributed by atoms with van der Waals surface area (Å²) >= 11 is 0. The van der Waals surface area contributed by atoms with E-state index < -0.39 is 0 Å². The van der Waals surface area contributed by atoms with Gasteiger partial charge in [0.15, 0.2) is 0 Å². The smallest absolute Gasteiger partial charge is 0.0721 e. The van der Waals surface area contributed by atoms with Gasteiger partial charge in [0.1, 0.15) is 0 Å². The van der Waals surface area contributed by atoms with Crippen LogP contribution in [-0.2, 0) is 6.42 Å². The van der Waals surface area contributed by atoms with E-state index in [1.54, 1.807) is 0 Å². The molecule has 0 saturated heterocycles. The Morgan fingerprint density at radius 2 is 2.04 bits per heavy atom. The average molecular weight is 356 g/mol. The normalized spacial score (nSPS) is 29.1. The number of pyridine rings is 1. The SMILES string of the molecule is CCCCC[C@H](O)/C=C/[C@H]1C(O)C[C@H]2C=C(CCc3ccncc3)C[C@@H]21. The molecule has 2 aliphatic carbocycles. The van der Waals surface area contributed by atoms with Crippen molar-refractivity contribution in [3.63, 3.8) is 0 Å². The maximum absolute atomic E-state index is 10.4. The van der Waals surface area contributed by atoms with Gasteiger partial charge in [-0.05, 0) is 61.6 Å². The van der Waals surface area contributed by atoms with E-state index in [-0.39, 0.29) is 18.1 Å². The van der Waals surface area contributed by atoms with Gasteiger partial charge in [-0.2, -0.15) is 0 Å². The summed E-state index contributed by atoms with van der Waals surface area (Å²) in [7, 11) is 0. The molecule has 2 aliphatic rings. The van der Waals surface area contributed by atoms with Crippen molar-refractivity contribution in [1.29, 1.82) is 0 Å². The van der Waals surface area contributed by atoms with Crippen LogP contribution in [0.3, 0.4) is 0 Å². The van der Waals surface area contributed by atoms with Crippen LogP contribution in [0.2, 0.25) is 0 Å². The number of nitrogens with zero attached hydrogens (tertiary/aromatic N) is 1. The number of aryl methyl sites for hydroxylation is 1. The standard InChI is InChI=1S/C23H33NO2/c1-2-3-4-5-20(25)8-9-21-22-15-18(14-19(22)16-23(21)26)7-6-17-10-12-24-13-11-17/h8-14,19-23,25-26H,2-7,15-16H2,1H3/b9-8+/t19-,20+,21-,22+,23?/m1/s1. The Bertz CT molecular complexity index is 610. The van der Waals surface area contributed by atoms with Crippen molar-refractivity contribution in [1.82, 2.24) is 4.98 Å². The molecular formula is C23H33NO2. The van der Waals surface area contributed by atoms with Crippen molar-refractivity contribution in [2.75, 3.05) is 0 Å². The summed E-state index contributed by atoms with van der Waals surface area (Å²) in [6, 6.07) is 4.18. The van der Waals surface area contributed by atoms with E-state index in [1.807, 2.05) is 18.5 Å². The van der Waals surface area contributed by atoms with Gasteiger partial charge in [-0.3, -0.25) is 4.98 Å². The third-order valence-corrected chi connectivity index (χ3v) is 6.09. The molecule has 0 aliphatic heterocycles. The maximum atomic E-state index is 10.4. The number of allylic oxidation sites excluding steroid dienone is 2. The summed E-state index contributed by atoms with van der Waals surface area (Å²) in [5.74, 6) is 1.20. The lowest BCUT2D eigenvalue weighted by Gasteiger charge is -2.19. The quantitative estimate of drug-likeness (QED) is 0.508. The molecule has 3 nitrogen and oxygen atoms in total. The van der Waals surface area contributed by atoms with Crippen LogP contribution in [0.25, 0.3) is 0 Å². The minimum Gasteiger partial charge on any atom is -0.392 e. The Kier molecular flexibility index (Phi) is 7.04. The molecule has 1 aromatic rings. The predicted octanol–water partition coefficient (Wildman–Crippen LogP) is 4.45. The van der Waals surface area contributed by atoms with Crippen LogP contribution in [0.15, 0.2) is 48.3 Å². The number of unbranched alkanes of at least 4 members (excludes halogenated alkanes) is 2. The Balaban J connectivity index is 1.50. The van der Waals surface area contributed by atoms with Crippen LogP contribution in [0.1, 0.15) is 57.4 Å². The van der Waals surface area contributed by atoms with Crippen molar-refractivity contribution in [3.05, 3.63) is 53.9 Å². The number of hydrogen-bond donors (Lipinski definition) is 2. The Labute approximate surface area is 157 Å². The first kappa shape index (κ1) is 19.3. The first-order chi connectivity index (χ1) is 12.7. The summed E-state index contributed by atoms with van der Waals surface area (Å²) in [6.07, 6.45) is 17.9. The molecule has 1 unspecified atom stereocenters. The minimum atomic E-state index is -0.367. The molecule has 1 fully saturated rings. The first-order valence-corrected chi connectivity index (χ1v) is 10.3. The predicted molar refractivity (Wildman–Crippen MR) is 106 cm³/mol. The highest BCUT2D eigenvalue weighted by Gasteiger charge is 2.43. The Morgan fingerprint density at radius 1 is 1.23 bits per heavy atom. The molecule has 2 N–H and O–H groups in total. The second-order valence-corrected chi connectivity index (χ2v) is 8.04. The summed E-state index contributed by atoms with van der Waals surface area (Å²) in [5.41, 5.74) is 2.87. The van der Waals surface area contributed by atoms with E-state index in [1.165, 1.54) is 24.0 Å². The van der Waals surface area contributed by atoms with Gasteiger partial charge >= 0.3 is 0 Å². The molecule has 0 aromatic carbocycles. The molecule has 1 heterocycles. The molecule has 0 amide bonds. The van der Waals surface area contributed by atoms with Crippen LogP contribution < -0.4 is 0 Å². The van der Waals surface area contributed by atoms with Crippen molar-refractivity contribution in [3.8, 4) is 0 Å². The van der Waals surface area contributed by atoms with E-state index in [0.29, 0.717) is 11.8 Å². The number of aliphatic hydroxyl groups excluding tert-OH is 2. The third-order valence-electron chi connectivity index (χ3n) is 6.09. The number of aliphatic hydroxyl groups is 2. The van der Waals surface area contributed by atoms with Crippen LogP contribution >= 0.6 is 0 Å². The second kappa shape index (κ2) is 9.48. The Morgan fingerprint density at radius 3 is 2.81 bits per heavy atom. The highest BCUT2D eigenvalue weighted by Crippen LogP contribution is 2.48. The largest absolute Gasteiger partial charge is 0.392 e. The van der Waals surface area contributed by atoms with Gasteiger partial charge in [-0.25, -0.2) is 0 Å². The lowest BCUT2D eigenvalue weighted by Crippen LogP contribution is -2.18. The third kappa shape index (κ3) is 5.05. The lowest BCUT2D eigenvalue weighted by atomic mass is 9.88. The minimum absolute atomic E-state index is 0.190. The molecule has 1 saturated carbocycles. The summed E-state index contributed by atoms with van der Waals surface area (Å²) in [5, 5.41) is 20.6. The molecule has 0 spiro atoms. The van der Waals surface area contributed by atoms with E-state index in [2.05, 4.69) is 36.2 Å². The molecule has 3 heteroatoms. The van der Waals surface area contributed by atoms with Gasteiger partial charge in [0.05, 0.1) is 12.2 Å². The summed E-state index contributed by atoms with van der Waals surface area (Å²) in [6.45, 7) is 2.18. The van der Waals surface area contributed by atoms with E-state index in [9.17, 15) is 10.2 Å². The molecule has 142 valence electrons. The molecule has 5 atom stereocenters. The fourth-order valence-electron chi connectivity index (χ4n) is 4.60. The lowest BCUT2D eigenvalue weighted by molar-refractivity contribution is 0.139. The summed E-state index contributed by atoms with van der Waals surface area (Å²) in [4.78, 5) is 4.08. The molecule has 0 bridgehead atoms. The maximum Gasteiger partial charge on any atom is 0.0721 e. The highest BCUT2D eigenvalue weighted by molar-refractivity contribution is 5.22. The van der Waals surface area contributed by atoms with Gasteiger partial charge in [-0.1, -0.05) is 50.0 Å². The van der Waals surface area contributed by atoms with Crippen molar-refractivity contribution in [2.24, 2.45) is 17.8 Å². The van der Waals surface area contributed by atoms with Gasteiger partial charge in [0.2, 0.25) is 0 Å². The second-order valence-electron chi connectivity index (χ2n) is 8.04. The van der Waals surface area contributed by atoms with Crippen LogP contribution in [-0.4, -0.2) is 27.4 Å².